The minimum atomic E-state index is -0.187. The Morgan fingerprint density at radius 3 is 2.53 bits per heavy atom. The van der Waals surface area contributed by atoms with Gasteiger partial charge in [0.05, 0.1) is 24.6 Å². The van der Waals surface area contributed by atoms with Crippen molar-refractivity contribution in [3.05, 3.63) is 88.4 Å². The fraction of sp³-hybridized carbons (Fsp3) is 0.296. The molecule has 4 rings (SSSR count). The lowest BCUT2D eigenvalue weighted by Crippen LogP contribution is -2.15. The number of anilines is 1. The van der Waals surface area contributed by atoms with Crippen LogP contribution in [0.25, 0.3) is 11.3 Å². The SMILES string of the molecule is Cc1cc(C)c(-c2cnc(NC(=O)c3cccc(Cn4cc(CN(C)C)cn4)c3)n2C)cc1C. The van der Waals surface area contributed by atoms with Crippen molar-refractivity contribution < 1.29 is 4.79 Å². The zero-order chi connectivity index (χ0) is 24.4. The Labute approximate surface area is 201 Å². The molecule has 0 unspecified atom stereocenters. The Hall–Kier alpha value is -3.71. The van der Waals surface area contributed by atoms with Gasteiger partial charge in [0.25, 0.3) is 5.91 Å². The number of benzene rings is 2. The van der Waals surface area contributed by atoms with Gasteiger partial charge in [0.1, 0.15) is 0 Å². The lowest BCUT2D eigenvalue weighted by Gasteiger charge is -2.12. The van der Waals surface area contributed by atoms with E-state index in [1.54, 1.807) is 0 Å². The summed E-state index contributed by atoms with van der Waals surface area (Å²) in [4.78, 5) is 19.6. The van der Waals surface area contributed by atoms with Crippen LogP contribution < -0.4 is 5.32 Å². The number of hydrogen-bond acceptors (Lipinski definition) is 4. The second kappa shape index (κ2) is 9.65. The third-order valence-corrected chi connectivity index (χ3v) is 6.05. The van der Waals surface area contributed by atoms with Crippen molar-refractivity contribution in [2.75, 3.05) is 19.4 Å². The number of aromatic nitrogens is 4. The molecule has 0 fully saturated rings. The van der Waals surface area contributed by atoms with Crippen molar-refractivity contribution in [1.29, 1.82) is 0 Å². The van der Waals surface area contributed by atoms with E-state index in [9.17, 15) is 4.79 Å². The summed E-state index contributed by atoms with van der Waals surface area (Å²) in [5.74, 6) is 0.330. The van der Waals surface area contributed by atoms with E-state index in [0.29, 0.717) is 18.1 Å². The van der Waals surface area contributed by atoms with Crippen LogP contribution in [-0.4, -0.2) is 44.2 Å². The Bertz CT molecular complexity index is 1330. The van der Waals surface area contributed by atoms with Crippen LogP contribution in [0.1, 0.15) is 38.2 Å². The first kappa shape index (κ1) is 23.4. The molecule has 0 aliphatic carbocycles. The van der Waals surface area contributed by atoms with E-state index in [4.69, 9.17) is 0 Å². The zero-order valence-corrected chi connectivity index (χ0v) is 20.8. The fourth-order valence-corrected chi connectivity index (χ4v) is 4.12. The first-order valence-corrected chi connectivity index (χ1v) is 11.4. The van der Waals surface area contributed by atoms with Crippen molar-refractivity contribution in [1.82, 2.24) is 24.2 Å². The molecular formula is C27H32N6O. The monoisotopic (exact) mass is 456 g/mol. The Kier molecular flexibility index (Phi) is 6.65. The van der Waals surface area contributed by atoms with Crippen molar-refractivity contribution in [2.24, 2.45) is 7.05 Å². The molecule has 0 bridgehead atoms. The zero-order valence-electron chi connectivity index (χ0n) is 20.8. The molecule has 7 heteroatoms. The molecule has 0 saturated heterocycles. The van der Waals surface area contributed by atoms with Crippen molar-refractivity contribution in [3.63, 3.8) is 0 Å². The van der Waals surface area contributed by atoms with Crippen LogP contribution in [0.5, 0.6) is 0 Å². The number of hydrogen-bond donors (Lipinski definition) is 1. The molecule has 4 aromatic rings. The summed E-state index contributed by atoms with van der Waals surface area (Å²) in [7, 11) is 5.99. The molecule has 34 heavy (non-hydrogen) atoms. The molecule has 0 aliphatic rings. The first-order chi connectivity index (χ1) is 16.2. The van der Waals surface area contributed by atoms with Crippen LogP contribution in [0.2, 0.25) is 0 Å². The summed E-state index contributed by atoms with van der Waals surface area (Å²) >= 11 is 0. The number of nitrogens with zero attached hydrogens (tertiary/aromatic N) is 5. The van der Waals surface area contributed by atoms with Crippen LogP contribution >= 0.6 is 0 Å². The number of rotatable bonds is 7. The average molecular weight is 457 g/mol. The molecule has 1 amide bonds. The van der Waals surface area contributed by atoms with E-state index in [1.807, 2.05) is 73.2 Å². The van der Waals surface area contributed by atoms with Gasteiger partial charge in [-0.1, -0.05) is 18.2 Å². The normalized spacial score (nSPS) is 11.3. The van der Waals surface area contributed by atoms with Crippen molar-refractivity contribution in [2.45, 2.75) is 33.9 Å². The maximum Gasteiger partial charge on any atom is 0.257 e. The van der Waals surface area contributed by atoms with E-state index in [-0.39, 0.29) is 5.91 Å². The third-order valence-electron chi connectivity index (χ3n) is 6.05. The van der Waals surface area contributed by atoms with E-state index in [1.165, 1.54) is 16.7 Å². The van der Waals surface area contributed by atoms with Crippen LogP contribution in [0.3, 0.4) is 0 Å². The fourth-order valence-electron chi connectivity index (χ4n) is 4.12. The second-order valence-corrected chi connectivity index (χ2v) is 9.22. The van der Waals surface area contributed by atoms with Crippen LogP contribution in [0, 0.1) is 20.8 Å². The summed E-state index contributed by atoms with van der Waals surface area (Å²) in [5.41, 5.74) is 8.53. The summed E-state index contributed by atoms with van der Waals surface area (Å²) in [6.45, 7) is 7.77. The minimum absolute atomic E-state index is 0.187. The summed E-state index contributed by atoms with van der Waals surface area (Å²) in [6, 6.07) is 12.0. The van der Waals surface area contributed by atoms with Gasteiger partial charge >= 0.3 is 0 Å². The van der Waals surface area contributed by atoms with Crippen LogP contribution in [0.4, 0.5) is 5.95 Å². The maximum atomic E-state index is 13.0. The summed E-state index contributed by atoms with van der Waals surface area (Å²) in [5, 5.41) is 7.41. The standard InChI is InChI=1S/C27H32N6O/c1-18-10-20(3)24(11-19(18)2)25-14-28-27(32(25)6)30-26(34)23-9-7-8-21(12-23)16-33-17-22(13-29-33)15-31(4)5/h7-14,17H,15-16H2,1-6H3,(H,28,30,34). The Morgan fingerprint density at radius 2 is 1.76 bits per heavy atom. The molecule has 0 saturated carbocycles. The number of aryl methyl sites for hydroxylation is 3. The Morgan fingerprint density at radius 1 is 1.00 bits per heavy atom. The van der Waals surface area contributed by atoms with Gasteiger partial charge < -0.3 is 9.47 Å². The molecule has 2 heterocycles. The molecule has 2 aromatic carbocycles. The van der Waals surface area contributed by atoms with Crippen molar-refractivity contribution in [3.8, 4) is 11.3 Å². The highest BCUT2D eigenvalue weighted by molar-refractivity contribution is 6.03. The van der Waals surface area contributed by atoms with Gasteiger partial charge in [-0.2, -0.15) is 5.10 Å². The topological polar surface area (TPSA) is 68.0 Å². The van der Waals surface area contributed by atoms with Gasteiger partial charge in [0.15, 0.2) is 0 Å². The molecule has 0 aliphatic heterocycles. The molecular weight excluding hydrogens is 424 g/mol. The number of nitrogens with one attached hydrogen (secondary N) is 1. The van der Waals surface area contributed by atoms with Gasteiger partial charge in [-0.15, -0.1) is 0 Å². The van der Waals surface area contributed by atoms with E-state index >= 15 is 0 Å². The molecule has 0 radical (unpaired) electrons. The van der Waals surface area contributed by atoms with Gasteiger partial charge in [0.2, 0.25) is 5.95 Å². The highest BCUT2D eigenvalue weighted by atomic mass is 16.1. The first-order valence-electron chi connectivity index (χ1n) is 11.4. The highest BCUT2D eigenvalue weighted by Crippen LogP contribution is 2.28. The van der Waals surface area contributed by atoms with Gasteiger partial charge in [-0.05, 0) is 75.3 Å². The average Bonchev–Trinajstić information content (AvgIpc) is 3.36. The number of carbonyl (C=O) groups is 1. The van der Waals surface area contributed by atoms with Gasteiger partial charge in [-0.25, -0.2) is 4.98 Å². The number of carbonyl (C=O) groups excluding carboxylic acids is 1. The predicted octanol–water partition coefficient (Wildman–Crippen LogP) is 4.57. The van der Waals surface area contributed by atoms with Crippen molar-refractivity contribution >= 4 is 11.9 Å². The lowest BCUT2D eigenvalue weighted by atomic mass is 9.99. The summed E-state index contributed by atoms with van der Waals surface area (Å²) < 4.78 is 3.82. The van der Waals surface area contributed by atoms with Crippen LogP contribution in [-0.2, 0) is 20.1 Å². The molecule has 7 nitrogen and oxygen atoms in total. The maximum absolute atomic E-state index is 13.0. The minimum Gasteiger partial charge on any atom is -0.313 e. The molecule has 1 N–H and O–H groups in total. The molecule has 0 spiro atoms. The number of amides is 1. The molecule has 2 aromatic heterocycles. The van der Waals surface area contributed by atoms with Gasteiger partial charge in [-0.3, -0.25) is 14.8 Å². The number of imidazole rings is 1. The highest BCUT2D eigenvalue weighted by Gasteiger charge is 2.15. The van der Waals surface area contributed by atoms with E-state index < -0.39 is 0 Å². The quantitative estimate of drug-likeness (QED) is 0.442. The largest absolute Gasteiger partial charge is 0.313 e. The Balaban J connectivity index is 1.50. The smallest absolute Gasteiger partial charge is 0.257 e. The van der Waals surface area contributed by atoms with E-state index in [2.05, 4.69) is 53.2 Å². The predicted molar refractivity (Wildman–Crippen MR) is 136 cm³/mol. The van der Waals surface area contributed by atoms with Crippen LogP contribution in [0.15, 0.2) is 55.0 Å². The lowest BCUT2D eigenvalue weighted by molar-refractivity contribution is 0.102. The summed E-state index contributed by atoms with van der Waals surface area (Å²) in [6.07, 6.45) is 5.73. The third kappa shape index (κ3) is 5.10. The second-order valence-electron chi connectivity index (χ2n) is 9.22. The van der Waals surface area contributed by atoms with E-state index in [0.717, 1.165) is 28.9 Å². The molecule has 0 atom stereocenters. The van der Waals surface area contributed by atoms with Gasteiger partial charge in [0, 0.05) is 36.5 Å². The molecule has 176 valence electrons.